The highest BCUT2D eigenvalue weighted by atomic mass is 35.5. The van der Waals surface area contributed by atoms with Crippen LogP contribution in [0.3, 0.4) is 0 Å². The molecule has 0 spiro atoms. The first kappa shape index (κ1) is 18.7. The summed E-state index contributed by atoms with van der Waals surface area (Å²) in [7, 11) is 0. The molecule has 1 aromatic heterocycles. The lowest BCUT2D eigenvalue weighted by atomic mass is 10.2. The molecule has 0 unspecified atom stereocenters. The van der Waals surface area contributed by atoms with Gasteiger partial charge in [0.15, 0.2) is 0 Å². The van der Waals surface area contributed by atoms with Crippen LogP contribution in [0.5, 0.6) is 0 Å². The van der Waals surface area contributed by atoms with Gasteiger partial charge in [-0.1, -0.05) is 11.6 Å². The standard InChI is InChI=1S/C17H17ClFN3O3/c1-17(2,3)25-16(24)21-11-4-5-12(19)13(9-11)22-15(23)10-6-7-20-14(18)8-10/h4-9H,1-3H3,(H,21,24)(H,22,23). The fourth-order valence-electron chi connectivity index (χ4n) is 1.86. The summed E-state index contributed by atoms with van der Waals surface area (Å²) >= 11 is 5.73. The summed E-state index contributed by atoms with van der Waals surface area (Å²) in [6.07, 6.45) is 0.686. The van der Waals surface area contributed by atoms with Crippen LogP contribution in [0.4, 0.5) is 20.6 Å². The first-order chi connectivity index (χ1) is 11.6. The van der Waals surface area contributed by atoms with Crippen molar-refractivity contribution in [3.63, 3.8) is 0 Å². The van der Waals surface area contributed by atoms with Gasteiger partial charge in [-0.2, -0.15) is 0 Å². The predicted octanol–water partition coefficient (Wildman–Crippen LogP) is 4.47. The number of hydrogen-bond acceptors (Lipinski definition) is 4. The van der Waals surface area contributed by atoms with Crippen molar-refractivity contribution >= 4 is 35.0 Å². The van der Waals surface area contributed by atoms with E-state index < -0.39 is 23.4 Å². The van der Waals surface area contributed by atoms with Gasteiger partial charge in [-0.25, -0.2) is 14.2 Å². The summed E-state index contributed by atoms with van der Waals surface area (Å²) in [6.45, 7) is 5.17. The van der Waals surface area contributed by atoms with E-state index in [9.17, 15) is 14.0 Å². The van der Waals surface area contributed by atoms with Crippen LogP contribution in [0, 0.1) is 5.82 Å². The van der Waals surface area contributed by atoms with Gasteiger partial charge < -0.3 is 10.1 Å². The summed E-state index contributed by atoms with van der Waals surface area (Å²) in [6, 6.07) is 6.58. The molecule has 1 heterocycles. The van der Waals surface area contributed by atoms with Crippen LogP contribution in [0.1, 0.15) is 31.1 Å². The molecule has 0 aliphatic heterocycles. The zero-order chi connectivity index (χ0) is 18.6. The third-order valence-electron chi connectivity index (χ3n) is 2.85. The molecule has 0 fully saturated rings. The largest absolute Gasteiger partial charge is 0.444 e. The molecule has 2 N–H and O–H groups in total. The normalized spacial score (nSPS) is 10.9. The third kappa shape index (κ3) is 5.72. The SMILES string of the molecule is CC(C)(C)OC(=O)Nc1ccc(F)c(NC(=O)c2ccnc(Cl)c2)c1. The van der Waals surface area contributed by atoms with Crippen LogP contribution in [0.15, 0.2) is 36.5 Å². The van der Waals surface area contributed by atoms with Gasteiger partial charge in [-0.3, -0.25) is 10.1 Å². The molecule has 2 rings (SSSR count). The minimum atomic E-state index is -0.683. The molecule has 0 atom stereocenters. The van der Waals surface area contributed by atoms with Crippen LogP contribution >= 0.6 is 11.6 Å². The Balaban J connectivity index is 2.13. The van der Waals surface area contributed by atoms with Gasteiger partial charge in [0.2, 0.25) is 0 Å². The van der Waals surface area contributed by atoms with Gasteiger partial charge in [0.1, 0.15) is 16.6 Å². The van der Waals surface area contributed by atoms with Crippen LogP contribution in [-0.2, 0) is 4.74 Å². The van der Waals surface area contributed by atoms with E-state index in [2.05, 4.69) is 15.6 Å². The Kier molecular flexibility index (Phi) is 5.58. The molecular weight excluding hydrogens is 349 g/mol. The molecule has 8 heteroatoms. The van der Waals surface area contributed by atoms with E-state index in [-0.39, 0.29) is 22.1 Å². The Bertz CT molecular complexity index is 806. The van der Waals surface area contributed by atoms with E-state index in [1.54, 1.807) is 20.8 Å². The monoisotopic (exact) mass is 365 g/mol. The lowest BCUT2D eigenvalue weighted by molar-refractivity contribution is 0.0636. The van der Waals surface area contributed by atoms with Gasteiger partial charge in [0.25, 0.3) is 5.91 Å². The van der Waals surface area contributed by atoms with E-state index in [4.69, 9.17) is 16.3 Å². The number of ether oxygens (including phenoxy) is 1. The number of pyridine rings is 1. The van der Waals surface area contributed by atoms with E-state index in [1.807, 2.05) is 0 Å². The highest BCUT2D eigenvalue weighted by Gasteiger charge is 2.17. The molecule has 0 aliphatic carbocycles. The fourth-order valence-corrected chi connectivity index (χ4v) is 2.03. The van der Waals surface area contributed by atoms with Crippen molar-refractivity contribution in [1.82, 2.24) is 4.98 Å². The summed E-state index contributed by atoms with van der Waals surface area (Å²) in [5, 5.41) is 5.05. The average Bonchev–Trinajstić information content (AvgIpc) is 2.48. The molecule has 1 aromatic carbocycles. The van der Waals surface area contributed by atoms with Crippen LogP contribution in [0.2, 0.25) is 5.15 Å². The maximum Gasteiger partial charge on any atom is 0.412 e. The number of rotatable bonds is 3. The second kappa shape index (κ2) is 7.48. The molecule has 0 radical (unpaired) electrons. The minimum absolute atomic E-state index is 0.0912. The van der Waals surface area contributed by atoms with Crippen molar-refractivity contribution in [3.05, 3.63) is 53.1 Å². The zero-order valence-corrected chi connectivity index (χ0v) is 14.6. The predicted molar refractivity (Wildman–Crippen MR) is 93.5 cm³/mol. The molecule has 0 saturated carbocycles. The topological polar surface area (TPSA) is 80.3 Å². The first-order valence-corrected chi connectivity index (χ1v) is 7.74. The van der Waals surface area contributed by atoms with Crippen molar-refractivity contribution in [2.45, 2.75) is 26.4 Å². The summed E-state index contributed by atoms with van der Waals surface area (Å²) in [5.41, 5.74) is -0.253. The highest BCUT2D eigenvalue weighted by Crippen LogP contribution is 2.21. The van der Waals surface area contributed by atoms with E-state index in [0.29, 0.717) is 0 Å². The molecule has 0 saturated heterocycles. The molecular formula is C17H17ClFN3O3. The maximum atomic E-state index is 13.9. The first-order valence-electron chi connectivity index (χ1n) is 7.36. The lowest BCUT2D eigenvalue weighted by Crippen LogP contribution is -2.27. The molecule has 2 aromatic rings. The number of amides is 2. The van der Waals surface area contributed by atoms with Crippen molar-refractivity contribution < 1.29 is 18.7 Å². The Morgan fingerprint density at radius 1 is 1.16 bits per heavy atom. The second-order valence-corrected chi connectivity index (χ2v) is 6.53. The number of halogens is 2. The Morgan fingerprint density at radius 3 is 2.52 bits per heavy atom. The third-order valence-corrected chi connectivity index (χ3v) is 3.06. The van der Waals surface area contributed by atoms with E-state index in [1.165, 1.54) is 30.5 Å². The van der Waals surface area contributed by atoms with Crippen LogP contribution in [0.25, 0.3) is 0 Å². The number of hydrogen-bond donors (Lipinski definition) is 2. The Labute approximate surface area is 149 Å². The fraction of sp³-hybridized carbons (Fsp3) is 0.235. The van der Waals surface area contributed by atoms with Crippen molar-refractivity contribution in [2.24, 2.45) is 0 Å². The molecule has 2 amide bonds. The summed E-state index contributed by atoms with van der Waals surface area (Å²) < 4.78 is 19.1. The number of aromatic nitrogens is 1. The van der Waals surface area contributed by atoms with E-state index >= 15 is 0 Å². The molecule has 0 aliphatic rings. The van der Waals surface area contributed by atoms with Gasteiger partial charge in [0.05, 0.1) is 5.69 Å². The molecule has 0 bridgehead atoms. The molecule has 25 heavy (non-hydrogen) atoms. The van der Waals surface area contributed by atoms with Crippen molar-refractivity contribution in [3.8, 4) is 0 Å². The highest BCUT2D eigenvalue weighted by molar-refractivity contribution is 6.29. The van der Waals surface area contributed by atoms with Crippen molar-refractivity contribution in [2.75, 3.05) is 10.6 Å². The number of benzene rings is 1. The lowest BCUT2D eigenvalue weighted by Gasteiger charge is -2.19. The quantitative estimate of drug-likeness (QED) is 0.786. The zero-order valence-electron chi connectivity index (χ0n) is 13.9. The smallest absolute Gasteiger partial charge is 0.412 e. The number of nitrogens with one attached hydrogen (secondary N) is 2. The Morgan fingerprint density at radius 2 is 1.88 bits per heavy atom. The number of anilines is 2. The Hall–Kier alpha value is -2.67. The van der Waals surface area contributed by atoms with Gasteiger partial charge >= 0.3 is 6.09 Å². The van der Waals surface area contributed by atoms with Gasteiger partial charge in [-0.15, -0.1) is 0 Å². The van der Waals surface area contributed by atoms with Gasteiger partial charge in [0, 0.05) is 17.4 Å². The molecule has 132 valence electrons. The molecule has 6 nitrogen and oxygen atoms in total. The maximum absolute atomic E-state index is 13.9. The summed E-state index contributed by atoms with van der Waals surface area (Å²) in [5.74, 6) is -1.21. The number of carbonyl (C=O) groups excluding carboxylic acids is 2. The van der Waals surface area contributed by atoms with Gasteiger partial charge in [-0.05, 0) is 51.1 Å². The van der Waals surface area contributed by atoms with Crippen LogP contribution in [-0.4, -0.2) is 22.6 Å². The summed E-state index contributed by atoms with van der Waals surface area (Å²) in [4.78, 5) is 27.7. The van der Waals surface area contributed by atoms with Crippen molar-refractivity contribution in [1.29, 1.82) is 0 Å². The second-order valence-electron chi connectivity index (χ2n) is 6.14. The van der Waals surface area contributed by atoms with Crippen LogP contribution < -0.4 is 10.6 Å². The minimum Gasteiger partial charge on any atom is -0.444 e. The average molecular weight is 366 g/mol. The number of nitrogens with zero attached hydrogens (tertiary/aromatic N) is 1. The number of carbonyl (C=O) groups is 2. The van der Waals surface area contributed by atoms with E-state index in [0.717, 1.165) is 6.07 Å².